The van der Waals surface area contributed by atoms with Gasteiger partial charge < -0.3 is 15.0 Å². The molecule has 0 unspecified atom stereocenters. The lowest BCUT2D eigenvalue weighted by Crippen LogP contribution is -2.25. The van der Waals surface area contributed by atoms with Gasteiger partial charge in [0.1, 0.15) is 0 Å². The molecule has 1 N–H and O–H groups in total. The monoisotopic (exact) mass is 318 g/mol. The zero-order chi connectivity index (χ0) is 16.7. The highest BCUT2D eigenvalue weighted by atomic mass is 16.5. The summed E-state index contributed by atoms with van der Waals surface area (Å²) >= 11 is 0. The van der Waals surface area contributed by atoms with Crippen molar-refractivity contribution in [1.29, 1.82) is 0 Å². The van der Waals surface area contributed by atoms with Crippen molar-refractivity contribution in [3.8, 4) is 0 Å². The first kappa shape index (κ1) is 17.5. The van der Waals surface area contributed by atoms with Crippen LogP contribution in [-0.4, -0.2) is 31.6 Å². The zero-order valence-electron chi connectivity index (χ0n) is 14.0. The molecule has 1 aliphatic rings. The number of nitrogens with one attached hydrogen (secondary N) is 1. The Labute approximate surface area is 138 Å². The first-order chi connectivity index (χ1) is 11.1. The third kappa shape index (κ3) is 5.67. The van der Waals surface area contributed by atoms with Crippen molar-refractivity contribution in [1.82, 2.24) is 5.32 Å². The first-order valence-electron chi connectivity index (χ1n) is 8.30. The molecule has 2 amide bonds. The van der Waals surface area contributed by atoms with E-state index in [2.05, 4.69) is 19.2 Å². The Morgan fingerprint density at radius 1 is 1.39 bits per heavy atom. The highest BCUT2D eigenvalue weighted by Crippen LogP contribution is 2.22. The number of rotatable bonds is 8. The van der Waals surface area contributed by atoms with Crippen LogP contribution in [-0.2, 0) is 20.9 Å². The average Bonchev–Trinajstić information content (AvgIpc) is 2.96. The maximum Gasteiger partial charge on any atom is 0.227 e. The summed E-state index contributed by atoms with van der Waals surface area (Å²) < 4.78 is 5.41. The van der Waals surface area contributed by atoms with Gasteiger partial charge in [-0.2, -0.15) is 0 Å². The summed E-state index contributed by atoms with van der Waals surface area (Å²) in [7, 11) is 0. The third-order valence-electron chi connectivity index (χ3n) is 3.71. The number of hydrogen-bond acceptors (Lipinski definition) is 3. The summed E-state index contributed by atoms with van der Waals surface area (Å²) in [5.41, 5.74) is 1.91. The number of carbonyl (C=O) groups is 2. The van der Waals surface area contributed by atoms with Gasteiger partial charge in [-0.1, -0.05) is 26.0 Å². The van der Waals surface area contributed by atoms with Gasteiger partial charge in [0.15, 0.2) is 0 Å². The van der Waals surface area contributed by atoms with Gasteiger partial charge >= 0.3 is 0 Å². The molecule has 5 heteroatoms. The van der Waals surface area contributed by atoms with Crippen LogP contribution in [0.25, 0.3) is 0 Å². The van der Waals surface area contributed by atoms with Crippen molar-refractivity contribution in [2.24, 2.45) is 5.92 Å². The summed E-state index contributed by atoms with van der Waals surface area (Å²) in [6, 6.07) is 7.79. The highest BCUT2D eigenvalue weighted by Gasteiger charge is 2.21. The molecule has 0 spiro atoms. The minimum atomic E-state index is -0.0172. The summed E-state index contributed by atoms with van der Waals surface area (Å²) in [5, 5.41) is 2.89. The van der Waals surface area contributed by atoms with Crippen LogP contribution in [0.1, 0.15) is 38.7 Å². The predicted octanol–water partition coefficient (Wildman–Crippen LogP) is 2.49. The fourth-order valence-corrected chi connectivity index (χ4v) is 2.53. The van der Waals surface area contributed by atoms with E-state index in [-0.39, 0.29) is 11.8 Å². The molecule has 0 radical (unpaired) electrons. The first-order valence-corrected chi connectivity index (χ1v) is 8.30. The van der Waals surface area contributed by atoms with Crippen LogP contribution in [0.3, 0.4) is 0 Å². The molecule has 0 aromatic heterocycles. The van der Waals surface area contributed by atoms with Crippen LogP contribution in [0.15, 0.2) is 24.3 Å². The molecule has 1 aromatic carbocycles. The molecule has 0 saturated carbocycles. The maximum absolute atomic E-state index is 11.8. The fourth-order valence-electron chi connectivity index (χ4n) is 2.53. The SMILES string of the molecule is CC(C)COCCC(=O)NCc1cccc(N2CCCC2=O)c1. The number of nitrogens with zero attached hydrogens (tertiary/aromatic N) is 1. The molecule has 1 aromatic rings. The third-order valence-corrected chi connectivity index (χ3v) is 3.71. The molecule has 0 aliphatic carbocycles. The van der Waals surface area contributed by atoms with E-state index in [1.165, 1.54) is 0 Å². The Morgan fingerprint density at radius 3 is 2.91 bits per heavy atom. The van der Waals surface area contributed by atoms with Crippen LogP contribution in [0, 0.1) is 5.92 Å². The largest absolute Gasteiger partial charge is 0.381 e. The minimum absolute atomic E-state index is 0.0172. The van der Waals surface area contributed by atoms with Crippen molar-refractivity contribution >= 4 is 17.5 Å². The Bertz CT molecular complexity index is 543. The molecule has 1 fully saturated rings. The van der Waals surface area contributed by atoms with Crippen LogP contribution in [0.5, 0.6) is 0 Å². The van der Waals surface area contributed by atoms with E-state index in [4.69, 9.17) is 4.74 Å². The molecule has 0 bridgehead atoms. The lowest BCUT2D eigenvalue weighted by molar-refractivity contribution is -0.122. The van der Waals surface area contributed by atoms with Gasteiger partial charge in [0.25, 0.3) is 0 Å². The topological polar surface area (TPSA) is 58.6 Å². The van der Waals surface area contributed by atoms with Crippen LogP contribution < -0.4 is 10.2 Å². The van der Waals surface area contributed by atoms with Gasteiger partial charge in [0, 0.05) is 38.2 Å². The Kier molecular flexibility index (Phi) is 6.59. The summed E-state index contributed by atoms with van der Waals surface area (Å²) in [6.07, 6.45) is 1.91. The molecule has 1 heterocycles. The lowest BCUT2D eigenvalue weighted by atomic mass is 10.2. The maximum atomic E-state index is 11.8. The summed E-state index contributed by atoms with van der Waals surface area (Å²) in [5.74, 6) is 0.638. The van der Waals surface area contributed by atoms with E-state index in [0.29, 0.717) is 38.5 Å². The van der Waals surface area contributed by atoms with E-state index in [9.17, 15) is 9.59 Å². The molecule has 126 valence electrons. The summed E-state index contributed by atoms with van der Waals surface area (Å²) in [4.78, 5) is 25.4. The van der Waals surface area contributed by atoms with Crippen molar-refractivity contribution < 1.29 is 14.3 Å². The molecule has 0 atom stereocenters. The van der Waals surface area contributed by atoms with E-state index < -0.39 is 0 Å². The number of hydrogen-bond donors (Lipinski definition) is 1. The highest BCUT2D eigenvalue weighted by molar-refractivity contribution is 5.95. The minimum Gasteiger partial charge on any atom is -0.381 e. The molecular weight excluding hydrogens is 292 g/mol. The van der Waals surface area contributed by atoms with E-state index in [1.807, 2.05) is 29.2 Å². The Morgan fingerprint density at radius 2 is 2.22 bits per heavy atom. The van der Waals surface area contributed by atoms with Gasteiger partial charge in [0.05, 0.1) is 6.61 Å². The standard InChI is InChI=1S/C18H26N2O3/c1-14(2)13-23-10-8-17(21)19-12-15-5-3-6-16(11-15)20-9-4-7-18(20)22/h3,5-6,11,14H,4,7-10,12-13H2,1-2H3,(H,19,21). The fraction of sp³-hybridized carbons (Fsp3) is 0.556. The molecular formula is C18H26N2O3. The number of benzene rings is 1. The van der Waals surface area contributed by atoms with Gasteiger partial charge in [-0.05, 0) is 30.0 Å². The second-order valence-electron chi connectivity index (χ2n) is 6.31. The van der Waals surface area contributed by atoms with E-state index in [0.717, 1.165) is 24.2 Å². The quantitative estimate of drug-likeness (QED) is 0.749. The molecule has 2 rings (SSSR count). The van der Waals surface area contributed by atoms with Crippen molar-refractivity contribution in [3.05, 3.63) is 29.8 Å². The summed E-state index contributed by atoms with van der Waals surface area (Å²) in [6.45, 7) is 6.54. The Hall–Kier alpha value is -1.88. The second-order valence-corrected chi connectivity index (χ2v) is 6.31. The van der Waals surface area contributed by atoms with Crippen molar-refractivity contribution in [2.45, 2.75) is 39.7 Å². The van der Waals surface area contributed by atoms with Crippen LogP contribution >= 0.6 is 0 Å². The average molecular weight is 318 g/mol. The number of carbonyl (C=O) groups excluding carboxylic acids is 2. The molecule has 1 saturated heterocycles. The lowest BCUT2D eigenvalue weighted by Gasteiger charge is -2.16. The normalized spacial score (nSPS) is 14.6. The van der Waals surface area contributed by atoms with Crippen LogP contribution in [0.2, 0.25) is 0 Å². The Balaban J connectivity index is 1.77. The smallest absolute Gasteiger partial charge is 0.227 e. The van der Waals surface area contributed by atoms with E-state index in [1.54, 1.807) is 0 Å². The number of amides is 2. The number of anilines is 1. The zero-order valence-corrected chi connectivity index (χ0v) is 14.0. The van der Waals surface area contributed by atoms with Gasteiger partial charge in [-0.25, -0.2) is 0 Å². The van der Waals surface area contributed by atoms with E-state index >= 15 is 0 Å². The molecule has 5 nitrogen and oxygen atoms in total. The van der Waals surface area contributed by atoms with Crippen molar-refractivity contribution in [2.75, 3.05) is 24.7 Å². The predicted molar refractivity (Wildman–Crippen MR) is 90.1 cm³/mol. The second kappa shape index (κ2) is 8.67. The molecule has 1 aliphatic heterocycles. The molecule has 23 heavy (non-hydrogen) atoms. The van der Waals surface area contributed by atoms with Gasteiger partial charge in [-0.3, -0.25) is 9.59 Å². The van der Waals surface area contributed by atoms with Crippen molar-refractivity contribution in [3.63, 3.8) is 0 Å². The van der Waals surface area contributed by atoms with Crippen LogP contribution in [0.4, 0.5) is 5.69 Å². The van der Waals surface area contributed by atoms with Gasteiger partial charge in [-0.15, -0.1) is 0 Å². The van der Waals surface area contributed by atoms with Gasteiger partial charge in [0.2, 0.25) is 11.8 Å². The number of ether oxygens (including phenoxy) is 1.